The highest BCUT2D eigenvalue weighted by Crippen LogP contribution is 2.28. The lowest BCUT2D eigenvalue weighted by atomic mass is 10.1. The largest absolute Gasteiger partial charge is 0.497 e. The number of aliphatic carboxylic acids is 1. The van der Waals surface area contributed by atoms with Crippen molar-refractivity contribution in [2.45, 2.75) is 26.1 Å². The van der Waals surface area contributed by atoms with Crippen molar-refractivity contribution in [2.24, 2.45) is 7.05 Å². The molecule has 1 aromatic heterocycles. The fourth-order valence-corrected chi connectivity index (χ4v) is 4.47. The van der Waals surface area contributed by atoms with Gasteiger partial charge >= 0.3 is 5.97 Å². The molecule has 0 unspecified atom stereocenters. The Balaban J connectivity index is 0.00000405. The van der Waals surface area contributed by atoms with Crippen LogP contribution in [0, 0.1) is 0 Å². The number of benzene rings is 4. The molecule has 7 nitrogen and oxygen atoms in total. The third-order valence-electron chi connectivity index (χ3n) is 6.84. The van der Waals surface area contributed by atoms with Gasteiger partial charge in [-0.2, -0.15) is 0 Å². The summed E-state index contributed by atoms with van der Waals surface area (Å²) in [6.45, 7) is 0.609. The maximum Gasteiger partial charge on any atom is 0.303 e. The quantitative estimate of drug-likeness (QED) is 0.154. The molecule has 42 heavy (non-hydrogen) atoms. The summed E-state index contributed by atoms with van der Waals surface area (Å²) in [6, 6.07) is 29.6. The van der Waals surface area contributed by atoms with Crippen LogP contribution in [0.1, 0.15) is 34.5 Å². The number of imidazole rings is 1. The first-order valence-electron chi connectivity index (χ1n) is 13.4. The van der Waals surface area contributed by atoms with Crippen molar-refractivity contribution in [3.8, 4) is 17.2 Å². The lowest BCUT2D eigenvalue weighted by Crippen LogP contribution is -2.05. The second kappa shape index (κ2) is 14.2. The molecule has 0 radical (unpaired) electrons. The number of methoxy groups -OCH3 is 1. The smallest absolute Gasteiger partial charge is 0.303 e. The van der Waals surface area contributed by atoms with Crippen molar-refractivity contribution in [2.75, 3.05) is 7.11 Å². The molecular formula is C34H33ClN2O5. The molecule has 5 aromatic rings. The van der Waals surface area contributed by atoms with Gasteiger partial charge in [0, 0.05) is 25.6 Å². The fourth-order valence-electron chi connectivity index (χ4n) is 4.47. The number of halogens is 1. The molecule has 216 valence electrons. The number of nitrogens with zero attached hydrogens (tertiary/aromatic N) is 2. The topological polar surface area (TPSA) is 82.8 Å². The summed E-state index contributed by atoms with van der Waals surface area (Å²) in [5.74, 6) is 1.91. The molecule has 0 aliphatic carbocycles. The summed E-state index contributed by atoms with van der Waals surface area (Å²) >= 11 is 0. The zero-order valence-electron chi connectivity index (χ0n) is 23.5. The zero-order chi connectivity index (χ0) is 28.6. The Kier molecular flexibility index (Phi) is 10.2. The molecule has 0 bridgehead atoms. The van der Waals surface area contributed by atoms with E-state index in [1.807, 2.05) is 78.3 Å². The van der Waals surface area contributed by atoms with E-state index in [9.17, 15) is 9.90 Å². The number of aromatic nitrogens is 2. The summed E-state index contributed by atoms with van der Waals surface area (Å²) in [6.07, 6.45) is 4.53. The molecule has 5 rings (SSSR count). The Morgan fingerprint density at radius 2 is 1.57 bits per heavy atom. The lowest BCUT2D eigenvalue weighted by Gasteiger charge is -2.14. The monoisotopic (exact) mass is 584 g/mol. The van der Waals surface area contributed by atoms with Gasteiger partial charge in [-0.15, -0.1) is 12.4 Å². The van der Waals surface area contributed by atoms with Crippen LogP contribution >= 0.6 is 12.4 Å². The fraction of sp³-hybridized carbons (Fsp3) is 0.176. The Hall–Kier alpha value is -4.75. The molecule has 0 aliphatic heterocycles. The predicted molar refractivity (Wildman–Crippen MR) is 167 cm³/mol. The summed E-state index contributed by atoms with van der Waals surface area (Å²) in [7, 11) is 3.58. The van der Waals surface area contributed by atoms with E-state index in [0.717, 1.165) is 44.9 Å². The highest BCUT2D eigenvalue weighted by molar-refractivity contribution is 5.85. The first-order valence-corrected chi connectivity index (χ1v) is 13.4. The van der Waals surface area contributed by atoms with E-state index in [0.29, 0.717) is 24.5 Å². The summed E-state index contributed by atoms with van der Waals surface area (Å²) in [5.41, 5.74) is 5.88. The van der Waals surface area contributed by atoms with Crippen molar-refractivity contribution >= 4 is 41.6 Å². The van der Waals surface area contributed by atoms with E-state index >= 15 is 0 Å². The van der Waals surface area contributed by atoms with Crippen molar-refractivity contribution in [3.05, 3.63) is 119 Å². The standard InChI is InChI=1S/C34H32N2O5.ClH/c1-36-31-20-28(39-2)17-18-30(31)35-33(36)23-40-29-16-14-27(15-19-34(37)38)32(21-29)41-22-26-12-10-25(11-13-26)9-8-24-6-4-3-5-7-24;/h3-14,16-18,20-21H,15,19,22-23H2,1-2H3,(H,37,38);1H. The molecule has 1 heterocycles. The van der Waals surface area contributed by atoms with E-state index < -0.39 is 5.97 Å². The van der Waals surface area contributed by atoms with Gasteiger partial charge in [-0.1, -0.05) is 72.8 Å². The molecule has 0 saturated heterocycles. The Labute approximate surface area is 251 Å². The van der Waals surface area contributed by atoms with E-state index in [1.165, 1.54) is 0 Å². The number of fused-ring (bicyclic) bond motifs is 1. The maximum atomic E-state index is 11.2. The number of carboxylic acids is 1. The average molecular weight is 585 g/mol. The van der Waals surface area contributed by atoms with Crippen LogP contribution in [0.5, 0.6) is 17.2 Å². The predicted octanol–water partition coefficient (Wildman–Crippen LogP) is 7.35. The normalized spacial score (nSPS) is 10.9. The highest BCUT2D eigenvalue weighted by atomic mass is 35.5. The molecule has 8 heteroatoms. The van der Waals surface area contributed by atoms with Crippen molar-refractivity contribution in [1.82, 2.24) is 9.55 Å². The van der Waals surface area contributed by atoms with Gasteiger partial charge in [0.1, 0.15) is 36.3 Å². The van der Waals surface area contributed by atoms with Crippen molar-refractivity contribution < 1.29 is 24.1 Å². The number of ether oxygens (including phenoxy) is 3. The van der Waals surface area contributed by atoms with Gasteiger partial charge in [-0.25, -0.2) is 4.98 Å². The second-order valence-electron chi connectivity index (χ2n) is 9.67. The molecule has 0 fully saturated rings. The third-order valence-corrected chi connectivity index (χ3v) is 6.84. The van der Waals surface area contributed by atoms with Gasteiger partial charge in [-0.05, 0) is 46.9 Å². The SMILES string of the molecule is COc1ccc2nc(COc3ccc(CCC(=O)O)c(OCc4ccc(C=Cc5ccccc5)cc4)c3)n(C)c2c1.Cl. The molecule has 0 spiro atoms. The van der Waals surface area contributed by atoms with Crippen LogP contribution in [0.4, 0.5) is 0 Å². The zero-order valence-corrected chi connectivity index (χ0v) is 24.3. The molecule has 0 aliphatic rings. The Morgan fingerprint density at radius 1 is 0.857 bits per heavy atom. The Morgan fingerprint density at radius 3 is 2.29 bits per heavy atom. The molecule has 1 N–H and O–H groups in total. The molecule has 0 saturated carbocycles. The number of hydrogen-bond acceptors (Lipinski definition) is 5. The van der Waals surface area contributed by atoms with Gasteiger partial charge in [0.25, 0.3) is 0 Å². The van der Waals surface area contributed by atoms with Gasteiger partial charge in [0.05, 0.1) is 18.1 Å². The second-order valence-corrected chi connectivity index (χ2v) is 9.67. The number of rotatable bonds is 12. The van der Waals surface area contributed by atoms with Gasteiger partial charge < -0.3 is 23.9 Å². The number of aryl methyl sites for hydroxylation is 2. The van der Waals surface area contributed by atoms with E-state index in [-0.39, 0.29) is 25.4 Å². The maximum absolute atomic E-state index is 11.2. The van der Waals surface area contributed by atoms with E-state index in [4.69, 9.17) is 14.2 Å². The summed E-state index contributed by atoms with van der Waals surface area (Å²) in [4.78, 5) is 15.9. The van der Waals surface area contributed by atoms with Crippen LogP contribution in [0.3, 0.4) is 0 Å². The number of carbonyl (C=O) groups is 1. The minimum absolute atomic E-state index is 0. The van der Waals surface area contributed by atoms with Crippen molar-refractivity contribution in [3.63, 3.8) is 0 Å². The minimum Gasteiger partial charge on any atom is -0.497 e. The van der Waals surface area contributed by atoms with E-state index in [2.05, 4.69) is 41.4 Å². The number of carboxylic acid groups (broad SMARTS) is 1. The number of hydrogen-bond donors (Lipinski definition) is 1. The third kappa shape index (κ3) is 7.71. The van der Waals surface area contributed by atoms with Gasteiger partial charge in [-0.3, -0.25) is 4.79 Å². The lowest BCUT2D eigenvalue weighted by molar-refractivity contribution is -0.136. The van der Waals surface area contributed by atoms with Crippen LogP contribution in [0.25, 0.3) is 23.2 Å². The summed E-state index contributed by atoms with van der Waals surface area (Å²) in [5, 5.41) is 9.21. The molecule has 0 amide bonds. The average Bonchev–Trinajstić information content (AvgIpc) is 3.32. The molecule has 4 aromatic carbocycles. The summed E-state index contributed by atoms with van der Waals surface area (Å²) < 4.78 is 19.6. The van der Waals surface area contributed by atoms with Crippen LogP contribution in [-0.4, -0.2) is 27.7 Å². The highest BCUT2D eigenvalue weighted by Gasteiger charge is 2.12. The molecule has 0 atom stereocenters. The van der Waals surface area contributed by atoms with Crippen LogP contribution in [0.15, 0.2) is 91.0 Å². The van der Waals surface area contributed by atoms with Gasteiger partial charge in [0.2, 0.25) is 0 Å². The first-order chi connectivity index (χ1) is 20.0. The van der Waals surface area contributed by atoms with Gasteiger partial charge in [0.15, 0.2) is 0 Å². The minimum atomic E-state index is -0.853. The molecular weight excluding hydrogens is 552 g/mol. The van der Waals surface area contributed by atoms with Crippen LogP contribution in [-0.2, 0) is 31.5 Å². The van der Waals surface area contributed by atoms with E-state index in [1.54, 1.807) is 7.11 Å². The van der Waals surface area contributed by atoms with Crippen molar-refractivity contribution in [1.29, 1.82) is 0 Å². The van der Waals surface area contributed by atoms with Crippen LogP contribution in [0.2, 0.25) is 0 Å². The first kappa shape index (κ1) is 30.2. The Bertz CT molecular complexity index is 1660. The van der Waals surface area contributed by atoms with Crippen LogP contribution < -0.4 is 14.2 Å².